The predicted molar refractivity (Wildman–Crippen MR) is 56.1 cm³/mol. The van der Waals surface area contributed by atoms with Crippen molar-refractivity contribution in [1.29, 1.82) is 0 Å². The van der Waals surface area contributed by atoms with Gasteiger partial charge in [-0.1, -0.05) is 12.2 Å². The van der Waals surface area contributed by atoms with Gasteiger partial charge in [0.1, 0.15) is 0 Å². The second-order valence-electron chi connectivity index (χ2n) is 2.92. The highest BCUT2D eigenvalue weighted by Gasteiger charge is 1.99. The molecule has 0 fully saturated rings. The number of anilines is 2. The van der Waals surface area contributed by atoms with E-state index in [-0.39, 0.29) is 6.61 Å². The molecule has 0 aliphatic carbocycles. The molecule has 5 N–H and O–H groups in total. The molecule has 1 aromatic carbocycles. The molecule has 0 bridgehead atoms. The third-order valence-corrected chi connectivity index (χ3v) is 1.87. The van der Waals surface area contributed by atoms with Crippen molar-refractivity contribution in [3.8, 4) is 0 Å². The fraction of sp³-hybridized carbons (Fsp3) is 0.200. The number of hydrogen-bond acceptors (Lipinski definition) is 3. The summed E-state index contributed by atoms with van der Waals surface area (Å²) in [6.45, 7) is 1.98. The number of aryl methyl sites for hydroxylation is 1. The third kappa shape index (κ3) is 2.23. The number of hydrogen-bond donors (Lipinski definition) is 3. The number of aliphatic hydroxyl groups is 1. The van der Waals surface area contributed by atoms with Gasteiger partial charge in [-0.15, -0.1) is 0 Å². The van der Waals surface area contributed by atoms with E-state index in [4.69, 9.17) is 16.6 Å². The van der Waals surface area contributed by atoms with Gasteiger partial charge in [0.05, 0.1) is 18.0 Å². The van der Waals surface area contributed by atoms with Crippen molar-refractivity contribution in [1.82, 2.24) is 0 Å². The first-order valence-corrected chi connectivity index (χ1v) is 4.08. The molecule has 1 aromatic rings. The molecule has 0 amide bonds. The second-order valence-corrected chi connectivity index (χ2v) is 2.92. The summed E-state index contributed by atoms with van der Waals surface area (Å²) in [6.07, 6.45) is 3.49. The summed E-state index contributed by atoms with van der Waals surface area (Å²) in [7, 11) is 0. The Labute approximate surface area is 77.7 Å². The summed E-state index contributed by atoms with van der Waals surface area (Å²) in [5.74, 6) is 0. The maximum absolute atomic E-state index is 8.60. The van der Waals surface area contributed by atoms with Gasteiger partial charge in [0, 0.05) is 0 Å². The highest BCUT2D eigenvalue weighted by molar-refractivity contribution is 5.70. The van der Waals surface area contributed by atoms with Gasteiger partial charge in [-0.2, -0.15) is 0 Å². The number of benzene rings is 1. The predicted octanol–water partition coefficient (Wildman–Crippen LogP) is 1.16. The molecule has 0 spiro atoms. The zero-order valence-electron chi connectivity index (χ0n) is 7.62. The van der Waals surface area contributed by atoms with Crippen LogP contribution in [-0.4, -0.2) is 11.7 Å². The van der Waals surface area contributed by atoms with Crippen LogP contribution in [0.5, 0.6) is 0 Å². The lowest BCUT2D eigenvalue weighted by atomic mass is 10.1. The summed E-state index contributed by atoms with van der Waals surface area (Å²) in [5.41, 5.74) is 14.5. The van der Waals surface area contributed by atoms with E-state index in [1.54, 1.807) is 12.1 Å². The topological polar surface area (TPSA) is 72.3 Å². The molecule has 0 saturated carbocycles. The molecular formula is C10H14N2O. The van der Waals surface area contributed by atoms with E-state index in [1.807, 2.05) is 19.1 Å². The lowest BCUT2D eigenvalue weighted by Gasteiger charge is -2.05. The molecule has 3 heteroatoms. The minimum Gasteiger partial charge on any atom is -0.397 e. The van der Waals surface area contributed by atoms with Crippen LogP contribution in [0.3, 0.4) is 0 Å². The lowest BCUT2D eigenvalue weighted by Crippen LogP contribution is -1.96. The van der Waals surface area contributed by atoms with E-state index < -0.39 is 0 Å². The van der Waals surface area contributed by atoms with Crippen LogP contribution in [0, 0.1) is 6.92 Å². The summed E-state index contributed by atoms with van der Waals surface area (Å²) in [4.78, 5) is 0. The van der Waals surface area contributed by atoms with Crippen LogP contribution in [0.25, 0.3) is 6.08 Å². The quantitative estimate of drug-likeness (QED) is 0.595. The van der Waals surface area contributed by atoms with E-state index in [0.29, 0.717) is 11.4 Å². The van der Waals surface area contributed by atoms with Crippen molar-refractivity contribution < 1.29 is 5.11 Å². The zero-order chi connectivity index (χ0) is 9.84. The van der Waals surface area contributed by atoms with Gasteiger partial charge < -0.3 is 16.6 Å². The fourth-order valence-corrected chi connectivity index (χ4v) is 1.12. The average molecular weight is 178 g/mol. The van der Waals surface area contributed by atoms with Crippen molar-refractivity contribution in [2.45, 2.75) is 6.92 Å². The highest BCUT2D eigenvalue weighted by atomic mass is 16.2. The summed E-state index contributed by atoms with van der Waals surface area (Å²) in [6, 6.07) is 3.63. The van der Waals surface area contributed by atoms with Crippen LogP contribution in [0.2, 0.25) is 0 Å². The van der Waals surface area contributed by atoms with Gasteiger partial charge in [-0.25, -0.2) is 0 Å². The van der Waals surface area contributed by atoms with Crippen LogP contribution in [-0.2, 0) is 0 Å². The minimum absolute atomic E-state index is 0.0315. The standard InChI is InChI=1S/C10H14N2O/c1-7-5-9(11)10(12)6-8(7)3-2-4-13/h2-3,5-6,13H,4,11-12H2,1H3. The molecular weight excluding hydrogens is 164 g/mol. The lowest BCUT2D eigenvalue weighted by molar-refractivity contribution is 0.343. The first-order chi connectivity index (χ1) is 6.15. The molecule has 0 aliphatic rings. The van der Waals surface area contributed by atoms with E-state index in [2.05, 4.69) is 0 Å². The Bertz CT molecular complexity index is 332. The molecule has 0 saturated heterocycles. The van der Waals surface area contributed by atoms with Crippen molar-refractivity contribution in [2.24, 2.45) is 0 Å². The van der Waals surface area contributed by atoms with Crippen LogP contribution in [0.15, 0.2) is 18.2 Å². The maximum atomic E-state index is 8.60. The Morgan fingerprint density at radius 3 is 2.54 bits per heavy atom. The molecule has 70 valence electrons. The van der Waals surface area contributed by atoms with Crippen LogP contribution < -0.4 is 11.5 Å². The molecule has 0 aromatic heterocycles. The largest absolute Gasteiger partial charge is 0.397 e. The number of nitrogens with two attached hydrogens (primary N) is 2. The number of aliphatic hydroxyl groups excluding tert-OH is 1. The van der Waals surface area contributed by atoms with Crippen LogP contribution >= 0.6 is 0 Å². The molecule has 0 atom stereocenters. The fourth-order valence-electron chi connectivity index (χ4n) is 1.12. The smallest absolute Gasteiger partial charge is 0.0615 e. The van der Waals surface area contributed by atoms with E-state index >= 15 is 0 Å². The Morgan fingerprint density at radius 2 is 1.92 bits per heavy atom. The van der Waals surface area contributed by atoms with E-state index in [1.165, 1.54) is 0 Å². The summed E-state index contributed by atoms with van der Waals surface area (Å²) < 4.78 is 0. The molecule has 0 radical (unpaired) electrons. The van der Waals surface area contributed by atoms with Crippen molar-refractivity contribution in [3.63, 3.8) is 0 Å². The van der Waals surface area contributed by atoms with Gasteiger partial charge in [0.25, 0.3) is 0 Å². The van der Waals surface area contributed by atoms with Gasteiger partial charge >= 0.3 is 0 Å². The average Bonchev–Trinajstić information content (AvgIpc) is 2.09. The van der Waals surface area contributed by atoms with E-state index in [0.717, 1.165) is 11.1 Å². The van der Waals surface area contributed by atoms with Crippen molar-refractivity contribution in [2.75, 3.05) is 18.1 Å². The highest BCUT2D eigenvalue weighted by Crippen LogP contribution is 2.21. The van der Waals surface area contributed by atoms with Crippen molar-refractivity contribution >= 4 is 17.5 Å². The Kier molecular flexibility index (Phi) is 2.93. The molecule has 1 rings (SSSR count). The summed E-state index contributed by atoms with van der Waals surface area (Å²) >= 11 is 0. The first-order valence-electron chi connectivity index (χ1n) is 4.08. The zero-order valence-corrected chi connectivity index (χ0v) is 7.62. The van der Waals surface area contributed by atoms with Gasteiger partial charge in [-0.3, -0.25) is 0 Å². The first kappa shape index (κ1) is 9.61. The second kappa shape index (κ2) is 3.96. The van der Waals surface area contributed by atoms with Gasteiger partial charge in [-0.05, 0) is 30.2 Å². The van der Waals surface area contributed by atoms with Crippen molar-refractivity contribution in [3.05, 3.63) is 29.3 Å². The molecule has 13 heavy (non-hydrogen) atoms. The normalized spacial score (nSPS) is 10.9. The molecule has 3 nitrogen and oxygen atoms in total. The third-order valence-electron chi connectivity index (χ3n) is 1.87. The SMILES string of the molecule is Cc1cc(N)c(N)cc1C=CCO. The Balaban J connectivity index is 3.08. The van der Waals surface area contributed by atoms with Crippen LogP contribution in [0.1, 0.15) is 11.1 Å². The molecule has 0 aliphatic heterocycles. The number of nitrogen functional groups attached to an aromatic ring is 2. The molecule has 0 unspecified atom stereocenters. The van der Waals surface area contributed by atoms with Gasteiger partial charge in [0.2, 0.25) is 0 Å². The monoisotopic (exact) mass is 178 g/mol. The molecule has 0 heterocycles. The number of rotatable bonds is 2. The van der Waals surface area contributed by atoms with E-state index in [9.17, 15) is 0 Å². The van der Waals surface area contributed by atoms with Gasteiger partial charge in [0.15, 0.2) is 0 Å². The van der Waals surface area contributed by atoms with Crippen LogP contribution in [0.4, 0.5) is 11.4 Å². The maximum Gasteiger partial charge on any atom is 0.0615 e. The minimum atomic E-state index is 0.0315. The summed E-state index contributed by atoms with van der Waals surface area (Å²) in [5, 5.41) is 8.60. The Hall–Kier alpha value is -1.48. The Morgan fingerprint density at radius 1 is 1.31 bits per heavy atom.